The van der Waals surface area contributed by atoms with Crippen LogP contribution in [0.2, 0.25) is 0 Å². The Morgan fingerprint density at radius 3 is 2.83 bits per heavy atom. The first-order chi connectivity index (χ1) is 5.70. The fourth-order valence-electron chi connectivity index (χ4n) is 2.35. The fraction of sp³-hybridized carbons (Fsp3) is 1.00. The van der Waals surface area contributed by atoms with Crippen LogP contribution in [0.1, 0.15) is 13.8 Å². The van der Waals surface area contributed by atoms with Crippen LogP contribution in [0, 0.1) is 17.8 Å². The Hall–Kier alpha value is 0.110. The van der Waals surface area contributed by atoms with Crippen LogP contribution in [-0.2, 0) is 15.5 Å². The van der Waals surface area contributed by atoms with Crippen molar-refractivity contribution in [2.75, 3.05) is 19.0 Å². The third-order valence-corrected chi connectivity index (χ3v) is 5.05. The molecule has 0 aliphatic carbocycles. The molecule has 0 amide bonds. The van der Waals surface area contributed by atoms with Crippen molar-refractivity contribution in [1.82, 2.24) is 0 Å². The second-order valence-electron chi connectivity index (χ2n) is 4.20. The summed E-state index contributed by atoms with van der Waals surface area (Å²) in [7, 11) is -0.604. The minimum Gasteiger partial charge on any atom is -0.380 e. The summed E-state index contributed by atoms with van der Waals surface area (Å²) in [4.78, 5) is 0. The van der Waals surface area contributed by atoms with Gasteiger partial charge in [0.1, 0.15) is 0 Å². The van der Waals surface area contributed by atoms with Crippen LogP contribution >= 0.6 is 0 Å². The van der Waals surface area contributed by atoms with Gasteiger partial charge in [-0.05, 0) is 11.8 Å². The van der Waals surface area contributed by atoms with Gasteiger partial charge in [-0.1, -0.05) is 13.8 Å². The lowest BCUT2D eigenvalue weighted by molar-refractivity contribution is 0.165. The largest absolute Gasteiger partial charge is 0.380 e. The van der Waals surface area contributed by atoms with Crippen LogP contribution in [0.4, 0.5) is 0 Å². The predicted molar refractivity (Wildman–Crippen MR) is 49.4 cm³/mol. The molecule has 0 radical (unpaired) electrons. The van der Waals surface area contributed by atoms with Crippen molar-refractivity contribution in [2.45, 2.75) is 19.1 Å². The van der Waals surface area contributed by atoms with E-state index >= 15 is 0 Å². The minimum atomic E-state index is -0.604. The highest BCUT2D eigenvalue weighted by molar-refractivity contribution is 7.86. The van der Waals surface area contributed by atoms with E-state index < -0.39 is 10.8 Å². The molecule has 3 heteroatoms. The van der Waals surface area contributed by atoms with Gasteiger partial charge < -0.3 is 4.74 Å². The van der Waals surface area contributed by atoms with Gasteiger partial charge in [0, 0.05) is 22.5 Å². The number of fused-ring (bicyclic) bond motifs is 1. The van der Waals surface area contributed by atoms with Gasteiger partial charge in [0.25, 0.3) is 0 Å². The third kappa shape index (κ3) is 1.23. The second kappa shape index (κ2) is 3.11. The summed E-state index contributed by atoms with van der Waals surface area (Å²) in [6, 6.07) is 0. The topological polar surface area (TPSA) is 26.3 Å². The predicted octanol–water partition coefficient (Wildman–Crippen LogP) is 1.04. The fourth-order valence-corrected chi connectivity index (χ4v) is 4.52. The molecule has 2 fully saturated rings. The Balaban J connectivity index is 2.14. The molecular formula is C9H16O2S. The van der Waals surface area contributed by atoms with E-state index in [-0.39, 0.29) is 0 Å². The molecule has 0 aromatic rings. The first-order valence-electron chi connectivity index (χ1n) is 4.65. The van der Waals surface area contributed by atoms with E-state index in [2.05, 4.69) is 13.8 Å². The average Bonchev–Trinajstić information content (AvgIpc) is 2.53. The van der Waals surface area contributed by atoms with Crippen molar-refractivity contribution < 1.29 is 8.95 Å². The zero-order valence-electron chi connectivity index (χ0n) is 7.66. The lowest BCUT2D eigenvalue weighted by Gasteiger charge is -2.18. The second-order valence-corrected chi connectivity index (χ2v) is 5.90. The number of ether oxygens (including phenoxy) is 1. The van der Waals surface area contributed by atoms with Crippen molar-refractivity contribution in [3.63, 3.8) is 0 Å². The first-order valence-corrected chi connectivity index (χ1v) is 6.03. The molecule has 4 atom stereocenters. The van der Waals surface area contributed by atoms with Gasteiger partial charge in [-0.2, -0.15) is 0 Å². The third-order valence-electron chi connectivity index (χ3n) is 3.17. The van der Waals surface area contributed by atoms with Crippen molar-refractivity contribution in [3.8, 4) is 0 Å². The summed E-state index contributed by atoms with van der Waals surface area (Å²) in [5.74, 6) is 2.80. The summed E-state index contributed by atoms with van der Waals surface area (Å²) in [6.07, 6.45) is 0. The summed E-state index contributed by atoms with van der Waals surface area (Å²) < 4.78 is 17.0. The van der Waals surface area contributed by atoms with Gasteiger partial charge >= 0.3 is 0 Å². The maximum absolute atomic E-state index is 11.6. The van der Waals surface area contributed by atoms with Gasteiger partial charge in [0.2, 0.25) is 0 Å². The Kier molecular flexibility index (Phi) is 2.25. The molecule has 2 heterocycles. The van der Waals surface area contributed by atoms with Crippen LogP contribution in [0.5, 0.6) is 0 Å². The van der Waals surface area contributed by atoms with Gasteiger partial charge in [0.05, 0.1) is 18.5 Å². The molecule has 0 N–H and O–H groups in total. The lowest BCUT2D eigenvalue weighted by atomic mass is 9.85. The lowest BCUT2D eigenvalue weighted by Crippen LogP contribution is -2.22. The van der Waals surface area contributed by atoms with Gasteiger partial charge in [0.15, 0.2) is 0 Å². The van der Waals surface area contributed by atoms with E-state index in [1.807, 2.05) is 0 Å². The van der Waals surface area contributed by atoms with Crippen molar-refractivity contribution in [1.29, 1.82) is 0 Å². The molecule has 0 saturated carbocycles. The standard InChI is InChI=1S/C9H16O2S/c1-6(2)8-5-12(10)9-4-11-3-7(8)9/h6-9H,3-5H2,1-2H3. The van der Waals surface area contributed by atoms with Crippen LogP contribution < -0.4 is 0 Å². The number of hydrogen-bond donors (Lipinski definition) is 0. The van der Waals surface area contributed by atoms with Crippen LogP contribution in [-0.4, -0.2) is 28.4 Å². The summed E-state index contributed by atoms with van der Waals surface area (Å²) >= 11 is 0. The van der Waals surface area contributed by atoms with E-state index in [9.17, 15) is 4.21 Å². The van der Waals surface area contributed by atoms with Crippen LogP contribution in [0.15, 0.2) is 0 Å². The molecule has 0 bridgehead atoms. The van der Waals surface area contributed by atoms with Crippen molar-refractivity contribution in [3.05, 3.63) is 0 Å². The van der Waals surface area contributed by atoms with Gasteiger partial charge in [-0.25, -0.2) is 0 Å². The molecule has 70 valence electrons. The van der Waals surface area contributed by atoms with Gasteiger partial charge in [-0.15, -0.1) is 0 Å². The molecule has 2 rings (SSSR count). The summed E-state index contributed by atoms with van der Waals surface area (Å²) in [6.45, 7) is 6.03. The maximum atomic E-state index is 11.6. The van der Waals surface area contributed by atoms with Crippen LogP contribution in [0.3, 0.4) is 0 Å². The molecule has 0 aromatic heterocycles. The molecule has 2 aliphatic heterocycles. The smallest absolute Gasteiger partial charge is 0.0635 e. The molecule has 2 aliphatic rings. The summed E-state index contributed by atoms with van der Waals surface area (Å²) in [5, 5.41) is 0.359. The van der Waals surface area contributed by atoms with Crippen molar-refractivity contribution >= 4 is 10.8 Å². The maximum Gasteiger partial charge on any atom is 0.0635 e. The zero-order chi connectivity index (χ0) is 8.72. The molecule has 2 saturated heterocycles. The molecule has 2 nitrogen and oxygen atoms in total. The average molecular weight is 188 g/mol. The molecule has 0 aromatic carbocycles. The summed E-state index contributed by atoms with van der Waals surface area (Å²) in [5.41, 5.74) is 0. The highest BCUT2D eigenvalue weighted by atomic mass is 32.2. The Labute approximate surface area is 76.1 Å². The number of rotatable bonds is 1. The van der Waals surface area contributed by atoms with E-state index in [1.54, 1.807) is 0 Å². The van der Waals surface area contributed by atoms with E-state index in [1.165, 1.54) is 0 Å². The Morgan fingerprint density at radius 1 is 1.42 bits per heavy atom. The minimum absolute atomic E-state index is 0.359. The Bertz CT molecular complexity index is 203. The normalized spacial score (nSPS) is 46.9. The van der Waals surface area contributed by atoms with E-state index in [0.717, 1.165) is 19.0 Å². The van der Waals surface area contributed by atoms with Gasteiger partial charge in [-0.3, -0.25) is 4.21 Å². The van der Waals surface area contributed by atoms with E-state index in [0.29, 0.717) is 23.0 Å². The monoisotopic (exact) mass is 188 g/mol. The zero-order valence-corrected chi connectivity index (χ0v) is 8.47. The molecule has 12 heavy (non-hydrogen) atoms. The number of hydrogen-bond acceptors (Lipinski definition) is 2. The molecule has 0 spiro atoms. The van der Waals surface area contributed by atoms with E-state index in [4.69, 9.17) is 4.74 Å². The first kappa shape index (κ1) is 8.70. The quantitative estimate of drug-likeness (QED) is 0.614. The highest BCUT2D eigenvalue weighted by Crippen LogP contribution is 2.38. The Morgan fingerprint density at radius 2 is 2.17 bits per heavy atom. The highest BCUT2D eigenvalue weighted by Gasteiger charge is 2.46. The molecule has 4 unspecified atom stereocenters. The molecular weight excluding hydrogens is 172 g/mol. The SMILES string of the molecule is CC(C)C1CS(=O)C2COCC12. The van der Waals surface area contributed by atoms with Crippen LogP contribution in [0.25, 0.3) is 0 Å². The van der Waals surface area contributed by atoms with Crippen molar-refractivity contribution in [2.24, 2.45) is 17.8 Å².